The number of hydrogen-bond acceptors (Lipinski definition) is 2. The summed E-state index contributed by atoms with van der Waals surface area (Å²) < 4.78 is 12.9. The van der Waals surface area contributed by atoms with Gasteiger partial charge in [0.2, 0.25) is 5.91 Å². The Morgan fingerprint density at radius 1 is 0.917 bits per heavy atom. The lowest BCUT2D eigenvalue weighted by molar-refractivity contribution is -0.130. The average Bonchev–Trinajstić information content (AvgIpc) is 2.60. The van der Waals surface area contributed by atoms with Crippen LogP contribution in [0.1, 0.15) is 15.9 Å². The molecule has 0 N–H and O–H groups in total. The zero-order valence-electron chi connectivity index (χ0n) is 13.9. The predicted molar refractivity (Wildman–Crippen MR) is 91.1 cm³/mol. The molecule has 0 saturated carbocycles. The van der Waals surface area contributed by atoms with Crippen LogP contribution in [0.25, 0.3) is 0 Å². The lowest BCUT2D eigenvalue weighted by Crippen LogP contribution is -2.40. The highest BCUT2D eigenvalue weighted by molar-refractivity contribution is 5.96. The maximum absolute atomic E-state index is 12.9. The first-order valence-electron chi connectivity index (χ1n) is 7.76. The quantitative estimate of drug-likeness (QED) is 0.818. The molecule has 2 aromatic carbocycles. The molecule has 0 spiro atoms. The van der Waals surface area contributed by atoms with Crippen LogP contribution in [0.4, 0.5) is 4.39 Å². The van der Waals surface area contributed by atoms with E-state index < -0.39 is 0 Å². The molecule has 2 aromatic rings. The zero-order chi connectivity index (χ0) is 17.5. The summed E-state index contributed by atoms with van der Waals surface area (Å²) in [6.45, 7) is 0.533. The molecule has 0 unspecified atom stereocenters. The summed E-state index contributed by atoms with van der Waals surface area (Å²) in [4.78, 5) is 27.5. The van der Waals surface area contributed by atoms with Crippen molar-refractivity contribution in [2.75, 3.05) is 27.2 Å². The average molecular weight is 328 g/mol. The minimum absolute atomic E-state index is 0.0215. The third-order valence-corrected chi connectivity index (χ3v) is 3.81. The number of benzene rings is 2. The maximum Gasteiger partial charge on any atom is 0.254 e. The molecule has 0 radical (unpaired) electrons. The van der Waals surface area contributed by atoms with Crippen LogP contribution in [0, 0.1) is 5.82 Å². The minimum Gasteiger partial charge on any atom is -0.344 e. The van der Waals surface area contributed by atoms with Crippen LogP contribution >= 0.6 is 0 Å². The zero-order valence-corrected chi connectivity index (χ0v) is 13.9. The number of likely N-dealkylation sites (N-methyl/N-ethyl adjacent to an activating group) is 2. The van der Waals surface area contributed by atoms with E-state index in [1.165, 1.54) is 17.0 Å². The minimum atomic E-state index is -0.274. The second-order valence-corrected chi connectivity index (χ2v) is 5.72. The second-order valence-electron chi connectivity index (χ2n) is 5.72. The number of carbonyl (C=O) groups excluding carboxylic acids is 2. The Kier molecular flexibility index (Phi) is 6.07. The number of nitrogens with zero attached hydrogens (tertiary/aromatic N) is 2. The predicted octanol–water partition coefficient (Wildman–Crippen LogP) is 2.60. The van der Waals surface area contributed by atoms with Crippen LogP contribution in [0.2, 0.25) is 0 Å². The Hall–Kier alpha value is -2.69. The molecular weight excluding hydrogens is 307 g/mol. The van der Waals surface area contributed by atoms with E-state index >= 15 is 0 Å². The van der Waals surface area contributed by atoms with Crippen LogP contribution in [0.15, 0.2) is 54.6 Å². The molecule has 0 bridgehead atoms. The van der Waals surface area contributed by atoms with Gasteiger partial charge in [0, 0.05) is 26.2 Å². The molecular formula is C19H21FN2O2. The Bertz CT molecular complexity index is 686. The molecule has 0 atom stereocenters. The van der Waals surface area contributed by atoms with Gasteiger partial charge in [-0.2, -0.15) is 0 Å². The Morgan fingerprint density at radius 2 is 1.54 bits per heavy atom. The van der Waals surface area contributed by atoms with Crippen LogP contribution in [-0.4, -0.2) is 48.8 Å². The molecule has 0 aliphatic rings. The second kappa shape index (κ2) is 8.24. The van der Waals surface area contributed by atoms with Gasteiger partial charge in [-0.15, -0.1) is 0 Å². The van der Waals surface area contributed by atoms with Crippen molar-refractivity contribution in [1.82, 2.24) is 9.80 Å². The molecule has 0 aromatic heterocycles. The SMILES string of the molecule is CN(CCc1ccc(F)cc1)C(=O)CN(C)C(=O)c1ccccc1. The van der Waals surface area contributed by atoms with Gasteiger partial charge in [0.25, 0.3) is 5.91 Å². The van der Waals surface area contributed by atoms with E-state index in [-0.39, 0.29) is 24.2 Å². The maximum atomic E-state index is 12.9. The molecule has 0 fully saturated rings. The molecule has 0 aliphatic heterocycles. The Balaban J connectivity index is 1.84. The molecule has 2 amide bonds. The topological polar surface area (TPSA) is 40.6 Å². The van der Waals surface area contributed by atoms with Crippen molar-refractivity contribution in [1.29, 1.82) is 0 Å². The van der Waals surface area contributed by atoms with E-state index in [0.717, 1.165) is 5.56 Å². The normalized spacial score (nSPS) is 10.3. The summed E-state index contributed by atoms with van der Waals surface area (Å²) in [7, 11) is 3.31. The lowest BCUT2D eigenvalue weighted by atomic mass is 10.1. The number of amides is 2. The van der Waals surface area contributed by atoms with E-state index in [0.29, 0.717) is 18.5 Å². The monoisotopic (exact) mass is 328 g/mol. The van der Waals surface area contributed by atoms with Crippen LogP contribution in [-0.2, 0) is 11.2 Å². The molecule has 0 aliphatic carbocycles. The van der Waals surface area contributed by atoms with Crippen molar-refractivity contribution < 1.29 is 14.0 Å². The van der Waals surface area contributed by atoms with E-state index in [2.05, 4.69) is 0 Å². The first-order valence-corrected chi connectivity index (χ1v) is 7.76. The van der Waals surface area contributed by atoms with E-state index in [4.69, 9.17) is 0 Å². The first-order chi connectivity index (χ1) is 11.5. The van der Waals surface area contributed by atoms with Gasteiger partial charge in [-0.3, -0.25) is 9.59 Å². The lowest BCUT2D eigenvalue weighted by Gasteiger charge is -2.22. The fraction of sp³-hybridized carbons (Fsp3) is 0.263. The summed E-state index contributed by atoms with van der Waals surface area (Å²) >= 11 is 0. The highest BCUT2D eigenvalue weighted by Crippen LogP contribution is 2.06. The van der Waals surface area contributed by atoms with Crippen molar-refractivity contribution >= 4 is 11.8 Å². The first kappa shape index (κ1) is 17.7. The fourth-order valence-corrected chi connectivity index (χ4v) is 2.27. The Morgan fingerprint density at radius 3 is 2.17 bits per heavy atom. The van der Waals surface area contributed by atoms with Crippen molar-refractivity contribution in [3.63, 3.8) is 0 Å². The van der Waals surface area contributed by atoms with Crippen LogP contribution in [0.5, 0.6) is 0 Å². The van der Waals surface area contributed by atoms with Gasteiger partial charge in [0.15, 0.2) is 0 Å². The molecule has 0 heterocycles. The smallest absolute Gasteiger partial charge is 0.254 e. The highest BCUT2D eigenvalue weighted by atomic mass is 19.1. The van der Waals surface area contributed by atoms with E-state index in [1.54, 1.807) is 55.4 Å². The van der Waals surface area contributed by atoms with Crippen molar-refractivity contribution in [2.24, 2.45) is 0 Å². The molecule has 5 heteroatoms. The third kappa shape index (κ3) is 4.91. The van der Waals surface area contributed by atoms with Crippen LogP contribution < -0.4 is 0 Å². The number of hydrogen-bond donors (Lipinski definition) is 0. The Labute approximate surface area is 141 Å². The van der Waals surface area contributed by atoms with Crippen molar-refractivity contribution in [3.05, 3.63) is 71.5 Å². The van der Waals surface area contributed by atoms with Gasteiger partial charge in [-0.1, -0.05) is 30.3 Å². The van der Waals surface area contributed by atoms with Gasteiger partial charge >= 0.3 is 0 Å². The summed E-state index contributed by atoms with van der Waals surface area (Å²) in [5, 5.41) is 0. The molecule has 2 rings (SSSR count). The van der Waals surface area contributed by atoms with Gasteiger partial charge in [0.1, 0.15) is 5.82 Å². The molecule has 0 saturated heterocycles. The van der Waals surface area contributed by atoms with Crippen molar-refractivity contribution in [2.45, 2.75) is 6.42 Å². The summed E-state index contributed by atoms with van der Waals surface area (Å²) in [5.74, 6) is -0.594. The largest absolute Gasteiger partial charge is 0.344 e. The molecule has 4 nitrogen and oxygen atoms in total. The highest BCUT2D eigenvalue weighted by Gasteiger charge is 2.17. The fourth-order valence-electron chi connectivity index (χ4n) is 2.27. The van der Waals surface area contributed by atoms with Gasteiger partial charge in [-0.05, 0) is 36.2 Å². The van der Waals surface area contributed by atoms with E-state index in [9.17, 15) is 14.0 Å². The molecule has 24 heavy (non-hydrogen) atoms. The van der Waals surface area contributed by atoms with Crippen LogP contribution in [0.3, 0.4) is 0 Å². The molecule has 126 valence electrons. The number of carbonyl (C=O) groups is 2. The standard InChI is InChI=1S/C19H21FN2O2/c1-21(13-12-15-8-10-17(20)11-9-15)18(23)14-22(2)19(24)16-6-4-3-5-7-16/h3-11H,12-14H2,1-2H3. The van der Waals surface area contributed by atoms with Gasteiger partial charge in [-0.25, -0.2) is 4.39 Å². The third-order valence-electron chi connectivity index (χ3n) is 3.81. The van der Waals surface area contributed by atoms with E-state index in [1.807, 2.05) is 6.07 Å². The summed E-state index contributed by atoms with van der Waals surface area (Å²) in [5.41, 5.74) is 1.52. The summed E-state index contributed by atoms with van der Waals surface area (Å²) in [6, 6.07) is 15.1. The number of halogens is 1. The van der Waals surface area contributed by atoms with Gasteiger partial charge in [0.05, 0.1) is 6.54 Å². The summed E-state index contributed by atoms with van der Waals surface area (Å²) in [6.07, 6.45) is 0.638. The van der Waals surface area contributed by atoms with Gasteiger partial charge < -0.3 is 9.80 Å². The number of rotatable bonds is 6. The van der Waals surface area contributed by atoms with Crippen molar-refractivity contribution in [3.8, 4) is 0 Å².